The van der Waals surface area contributed by atoms with E-state index in [1.165, 1.54) is 6.07 Å². The molecule has 1 unspecified atom stereocenters. The lowest BCUT2D eigenvalue weighted by Gasteiger charge is -2.45. The van der Waals surface area contributed by atoms with Gasteiger partial charge < -0.3 is 9.47 Å². The van der Waals surface area contributed by atoms with Gasteiger partial charge in [-0.1, -0.05) is 12.1 Å². The summed E-state index contributed by atoms with van der Waals surface area (Å²) in [6.45, 7) is 4.51. The zero-order valence-electron chi connectivity index (χ0n) is 15.8. The third-order valence-corrected chi connectivity index (χ3v) is 5.03. The molecule has 0 spiro atoms. The summed E-state index contributed by atoms with van der Waals surface area (Å²) in [5, 5.41) is 0. The van der Waals surface area contributed by atoms with Gasteiger partial charge in [-0.25, -0.2) is 4.39 Å². The van der Waals surface area contributed by atoms with E-state index in [2.05, 4.69) is 0 Å². The summed E-state index contributed by atoms with van der Waals surface area (Å²) in [4.78, 5) is 26.0. The van der Waals surface area contributed by atoms with E-state index in [9.17, 15) is 14.0 Å². The first kappa shape index (κ1) is 20.4. The molecule has 2 rings (SSSR count). The zero-order valence-corrected chi connectivity index (χ0v) is 15.8. The zero-order chi connectivity index (χ0) is 19.2. The van der Waals surface area contributed by atoms with Crippen LogP contribution in [0.4, 0.5) is 4.39 Å². The summed E-state index contributed by atoms with van der Waals surface area (Å²) in [5.74, 6) is -0.962. The Morgan fingerprint density at radius 2 is 1.88 bits per heavy atom. The SMILES string of the molecule is CCOC(=O)CCN(C)C1(CC(=O)OCC)CCCc2cccc(F)c21. The third-order valence-electron chi connectivity index (χ3n) is 5.03. The second-order valence-corrected chi connectivity index (χ2v) is 6.62. The van der Waals surface area contributed by atoms with Crippen LogP contribution in [0.3, 0.4) is 0 Å². The number of esters is 2. The highest BCUT2D eigenvalue weighted by molar-refractivity contribution is 5.72. The maximum atomic E-state index is 14.8. The number of fused-ring (bicyclic) bond motifs is 1. The number of ether oxygens (including phenoxy) is 2. The Labute approximate surface area is 154 Å². The van der Waals surface area contributed by atoms with Gasteiger partial charge in [0.2, 0.25) is 0 Å². The highest BCUT2D eigenvalue weighted by Crippen LogP contribution is 2.43. The number of hydrogen-bond acceptors (Lipinski definition) is 5. The molecule has 0 amide bonds. The maximum absolute atomic E-state index is 14.8. The highest BCUT2D eigenvalue weighted by atomic mass is 19.1. The van der Waals surface area contributed by atoms with Crippen LogP contribution in [-0.4, -0.2) is 43.6 Å². The highest BCUT2D eigenvalue weighted by Gasteiger charge is 2.44. The fourth-order valence-corrected chi connectivity index (χ4v) is 3.84. The van der Waals surface area contributed by atoms with Crippen LogP contribution in [0.2, 0.25) is 0 Å². The molecule has 1 aromatic carbocycles. The van der Waals surface area contributed by atoms with Crippen molar-refractivity contribution in [1.29, 1.82) is 0 Å². The van der Waals surface area contributed by atoms with Crippen molar-refractivity contribution in [1.82, 2.24) is 4.90 Å². The van der Waals surface area contributed by atoms with Crippen LogP contribution in [0, 0.1) is 5.82 Å². The smallest absolute Gasteiger partial charge is 0.308 e. The largest absolute Gasteiger partial charge is 0.466 e. The molecule has 1 aromatic rings. The van der Waals surface area contributed by atoms with Crippen molar-refractivity contribution < 1.29 is 23.5 Å². The summed E-state index contributed by atoms with van der Waals surface area (Å²) >= 11 is 0. The van der Waals surface area contributed by atoms with Gasteiger partial charge in [0.25, 0.3) is 0 Å². The van der Waals surface area contributed by atoms with Gasteiger partial charge in [-0.05, 0) is 51.8 Å². The second kappa shape index (κ2) is 9.12. The maximum Gasteiger partial charge on any atom is 0.308 e. The van der Waals surface area contributed by atoms with Gasteiger partial charge in [-0.15, -0.1) is 0 Å². The first-order chi connectivity index (χ1) is 12.4. The van der Waals surface area contributed by atoms with E-state index in [0.29, 0.717) is 25.1 Å². The average Bonchev–Trinajstić information content (AvgIpc) is 2.60. The van der Waals surface area contributed by atoms with E-state index in [1.807, 2.05) is 18.0 Å². The summed E-state index contributed by atoms with van der Waals surface area (Å²) in [6.07, 6.45) is 2.52. The van der Waals surface area contributed by atoms with Crippen molar-refractivity contribution in [2.45, 2.75) is 51.5 Å². The lowest BCUT2D eigenvalue weighted by atomic mass is 9.73. The van der Waals surface area contributed by atoms with Crippen LogP contribution in [0.5, 0.6) is 0 Å². The number of rotatable bonds is 8. The molecule has 1 aliphatic rings. The molecule has 6 heteroatoms. The Kier molecular flexibility index (Phi) is 7.14. The standard InChI is InChI=1S/C20H28FNO4/c1-4-25-17(23)11-13-22(3)20(14-18(24)26-5-2)12-7-9-15-8-6-10-16(21)19(15)20/h6,8,10H,4-5,7,9,11-14H2,1-3H3. The van der Waals surface area contributed by atoms with E-state index in [-0.39, 0.29) is 37.2 Å². The number of hydrogen-bond donors (Lipinski definition) is 0. The van der Waals surface area contributed by atoms with E-state index >= 15 is 0 Å². The minimum absolute atomic E-state index is 0.0636. The number of benzene rings is 1. The number of halogens is 1. The molecule has 0 aliphatic heterocycles. The van der Waals surface area contributed by atoms with Gasteiger partial charge in [0, 0.05) is 12.1 Å². The van der Waals surface area contributed by atoms with Crippen LogP contribution in [0.15, 0.2) is 18.2 Å². The predicted molar refractivity (Wildman–Crippen MR) is 96.1 cm³/mol. The quantitative estimate of drug-likeness (QED) is 0.662. The molecule has 1 atom stereocenters. The van der Waals surface area contributed by atoms with Crippen LogP contribution < -0.4 is 0 Å². The van der Waals surface area contributed by atoms with Gasteiger partial charge in [0.15, 0.2) is 0 Å². The van der Waals surface area contributed by atoms with Crippen molar-refractivity contribution in [3.8, 4) is 0 Å². The lowest BCUT2D eigenvalue weighted by molar-refractivity contribution is -0.147. The van der Waals surface area contributed by atoms with E-state index < -0.39 is 5.54 Å². The van der Waals surface area contributed by atoms with Crippen LogP contribution in [-0.2, 0) is 31.0 Å². The minimum atomic E-state index is -0.808. The van der Waals surface area contributed by atoms with E-state index in [0.717, 1.165) is 18.4 Å². The Balaban J connectivity index is 2.36. The molecule has 5 nitrogen and oxygen atoms in total. The van der Waals surface area contributed by atoms with Crippen molar-refractivity contribution >= 4 is 11.9 Å². The monoisotopic (exact) mass is 365 g/mol. The number of carbonyl (C=O) groups excluding carboxylic acids is 2. The van der Waals surface area contributed by atoms with Gasteiger partial charge in [-0.3, -0.25) is 14.5 Å². The van der Waals surface area contributed by atoms with E-state index in [1.54, 1.807) is 19.9 Å². The number of aryl methyl sites for hydroxylation is 1. The molecule has 26 heavy (non-hydrogen) atoms. The van der Waals surface area contributed by atoms with Crippen LogP contribution >= 0.6 is 0 Å². The van der Waals surface area contributed by atoms with Crippen molar-refractivity contribution in [2.75, 3.05) is 26.8 Å². The minimum Gasteiger partial charge on any atom is -0.466 e. The molecule has 0 aromatic heterocycles. The Bertz CT molecular complexity index is 649. The summed E-state index contributed by atoms with van der Waals surface area (Å²) in [5.41, 5.74) is 0.673. The number of nitrogens with zero attached hydrogens (tertiary/aromatic N) is 1. The predicted octanol–water partition coefficient (Wildman–Crippen LogP) is 3.20. The molecule has 0 heterocycles. The third kappa shape index (κ3) is 4.41. The Hall–Kier alpha value is -1.95. The fraction of sp³-hybridized carbons (Fsp3) is 0.600. The van der Waals surface area contributed by atoms with Crippen molar-refractivity contribution in [2.24, 2.45) is 0 Å². The molecule has 0 radical (unpaired) electrons. The first-order valence-corrected chi connectivity index (χ1v) is 9.25. The van der Waals surface area contributed by atoms with Crippen LogP contribution in [0.1, 0.15) is 50.7 Å². The summed E-state index contributed by atoms with van der Waals surface area (Å²) in [6, 6.07) is 5.05. The molecular formula is C20H28FNO4. The van der Waals surface area contributed by atoms with Gasteiger partial charge in [-0.2, -0.15) is 0 Å². The topological polar surface area (TPSA) is 55.8 Å². The number of carbonyl (C=O) groups is 2. The first-order valence-electron chi connectivity index (χ1n) is 9.25. The Morgan fingerprint density at radius 1 is 1.19 bits per heavy atom. The normalized spacial score (nSPS) is 19.1. The van der Waals surface area contributed by atoms with Gasteiger partial charge >= 0.3 is 11.9 Å². The fourth-order valence-electron chi connectivity index (χ4n) is 3.84. The molecule has 0 bridgehead atoms. The summed E-state index contributed by atoms with van der Waals surface area (Å²) < 4.78 is 25.0. The van der Waals surface area contributed by atoms with Gasteiger partial charge in [0.1, 0.15) is 5.82 Å². The molecule has 144 valence electrons. The van der Waals surface area contributed by atoms with E-state index in [4.69, 9.17) is 9.47 Å². The molecular weight excluding hydrogens is 337 g/mol. The Morgan fingerprint density at radius 3 is 2.58 bits per heavy atom. The molecule has 0 N–H and O–H groups in total. The molecule has 0 saturated carbocycles. The molecule has 0 fully saturated rings. The summed E-state index contributed by atoms with van der Waals surface area (Å²) in [7, 11) is 1.83. The van der Waals surface area contributed by atoms with Crippen LogP contribution in [0.25, 0.3) is 0 Å². The van der Waals surface area contributed by atoms with Crippen molar-refractivity contribution in [3.63, 3.8) is 0 Å². The van der Waals surface area contributed by atoms with Gasteiger partial charge in [0.05, 0.1) is 31.6 Å². The van der Waals surface area contributed by atoms with Crippen molar-refractivity contribution in [3.05, 3.63) is 35.1 Å². The second-order valence-electron chi connectivity index (χ2n) is 6.62. The lowest BCUT2D eigenvalue weighted by Crippen LogP contribution is -2.49. The molecule has 1 aliphatic carbocycles. The molecule has 0 saturated heterocycles. The average molecular weight is 365 g/mol.